The molecule has 0 spiro atoms. The number of benzene rings is 2. The van der Waals surface area contributed by atoms with Gasteiger partial charge in [-0.15, -0.1) is 0 Å². The second-order valence-electron chi connectivity index (χ2n) is 4.77. The van der Waals surface area contributed by atoms with Gasteiger partial charge in [0, 0.05) is 4.90 Å². The van der Waals surface area contributed by atoms with Crippen molar-refractivity contribution in [3.05, 3.63) is 59.7 Å². The van der Waals surface area contributed by atoms with Gasteiger partial charge in [0.1, 0.15) is 5.44 Å². The van der Waals surface area contributed by atoms with Gasteiger partial charge in [-0.3, -0.25) is 4.21 Å². The lowest BCUT2D eigenvalue weighted by molar-refractivity contribution is -0.137. The van der Waals surface area contributed by atoms with Crippen LogP contribution in [0.3, 0.4) is 0 Å². The minimum Gasteiger partial charge on any atom is -0.423 e. The standard InChI is InChI=1S/C14H10BF3O3S/c16-14(17,18)9-5-7-10(8-6-9)22(20)13-11-3-1-2-4-12(11)15(19)21-13/h1-8,13,19H. The fourth-order valence-corrected chi connectivity index (χ4v) is 3.58. The quantitative estimate of drug-likeness (QED) is 0.861. The molecule has 0 saturated heterocycles. The van der Waals surface area contributed by atoms with E-state index >= 15 is 0 Å². The molecule has 0 fully saturated rings. The number of hydrogen-bond acceptors (Lipinski definition) is 3. The number of rotatable bonds is 2. The summed E-state index contributed by atoms with van der Waals surface area (Å²) < 4.78 is 55.4. The van der Waals surface area contributed by atoms with Crippen molar-refractivity contribution in [3.8, 4) is 0 Å². The Morgan fingerprint density at radius 1 is 1.09 bits per heavy atom. The second-order valence-corrected chi connectivity index (χ2v) is 6.26. The maximum atomic E-state index is 12.5. The van der Waals surface area contributed by atoms with Crippen molar-refractivity contribution in [1.82, 2.24) is 0 Å². The molecule has 0 aromatic heterocycles. The molecule has 0 bridgehead atoms. The van der Waals surface area contributed by atoms with Crippen LogP contribution in [-0.4, -0.2) is 16.4 Å². The van der Waals surface area contributed by atoms with Crippen molar-refractivity contribution < 1.29 is 27.1 Å². The Morgan fingerprint density at radius 3 is 2.36 bits per heavy atom. The van der Waals surface area contributed by atoms with Crippen molar-refractivity contribution in [2.24, 2.45) is 0 Å². The van der Waals surface area contributed by atoms with Crippen LogP contribution in [0.5, 0.6) is 0 Å². The molecule has 0 amide bonds. The summed E-state index contributed by atoms with van der Waals surface area (Å²) in [5.41, 5.74) is -0.607. The van der Waals surface area contributed by atoms with E-state index in [4.69, 9.17) is 4.65 Å². The van der Waals surface area contributed by atoms with Crippen molar-refractivity contribution >= 4 is 23.4 Å². The lowest BCUT2D eigenvalue weighted by Gasteiger charge is -2.13. The first kappa shape index (κ1) is 15.3. The third kappa shape index (κ3) is 2.69. The zero-order valence-electron chi connectivity index (χ0n) is 11.1. The molecule has 0 saturated carbocycles. The Balaban J connectivity index is 1.89. The maximum Gasteiger partial charge on any atom is 0.492 e. The summed E-state index contributed by atoms with van der Waals surface area (Å²) in [5.74, 6) is 0. The van der Waals surface area contributed by atoms with Gasteiger partial charge in [-0.05, 0) is 35.3 Å². The number of hydrogen-bond donors (Lipinski definition) is 1. The van der Waals surface area contributed by atoms with Gasteiger partial charge >= 0.3 is 13.3 Å². The molecular formula is C14H10BF3O3S. The van der Waals surface area contributed by atoms with Crippen molar-refractivity contribution in [1.29, 1.82) is 0 Å². The summed E-state index contributed by atoms with van der Waals surface area (Å²) in [6.07, 6.45) is -4.44. The van der Waals surface area contributed by atoms with E-state index in [9.17, 15) is 22.4 Å². The van der Waals surface area contributed by atoms with E-state index in [1.165, 1.54) is 0 Å². The molecule has 2 unspecified atom stereocenters. The third-order valence-corrected chi connectivity index (χ3v) is 4.87. The lowest BCUT2D eigenvalue weighted by atomic mass is 9.80. The van der Waals surface area contributed by atoms with Crippen molar-refractivity contribution in [2.45, 2.75) is 16.5 Å². The van der Waals surface area contributed by atoms with Crippen LogP contribution in [0.1, 0.15) is 16.6 Å². The van der Waals surface area contributed by atoms with Gasteiger partial charge in [0.25, 0.3) is 0 Å². The summed E-state index contributed by atoms with van der Waals surface area (Å²) in [5, 5.41) is 9.79. The molecule has 22 heavy (non-hydrogen) atoms. The van der Waals surface area contributed by atoms with E-state index in [1.807, 2.05) is 0 Å². The van der Waals surface area contributed by atoms with Crippen LogP contribution >= 0.6 is 0 Å². The molecule has 8 heteroatoms. The van der Waals surface area contributed by atoms with Gasteiger partial charge in [-0.2, -0.15) is 13.2 Å². The molecule has 0 aliphatic carbocycles. The first-order valence-electron chi connectivity index (χ1n) is 6.38. The molecule has 1 aliphatic heterocycles. The second kappa shape index (κ2) is 5.53. The van der Waals surface area contributed by atoms with Gasteiger partial charge in [-0.25, -0.2) is 0 Å². The molecule has 2 atom stereocenters. The summed E-state index contributed by atoms with van der Waals surface area (Å²) >= 11 is 0. The molecule has 114 valence electrons. The Hall–Kier alpha value is -1.64. The van der Waals surface area contributed by atoms with Crippen LogP contribution in [0.2, 0.25) is 0 Å². The van der Waals surface area contributed by atoms with Gasteiger partial charge in [-0.1, -0.05) is 24.3 Å². The predicted molar refractivity (Wildman–Crippen MR) is 75.7 cm³/mol. The molecule has 2 aromatic rings. The summed E-state index contributed by atoms with van der Waals surface area (Å²) in [6.45, 7) is 0. The zero-order valence-corrected chi connectivity index (χ0v) is 11.9. The highest BCUT2D eigenvalue weighted by Gasteiger charge is 2.38. The first-order chi connectivity index (χ1) is 10.4. The predicted octanol–water partition coefficient (Wildman–Crippen LogP) is 2.23. The van der Waals surface area contributed by atoms with Gasteiger partial charge < -0.3 is 9.68 Å². The summed E-state index contributed by atoms with van der Waals surface area (Å²) in [4.78, 5) is 0.210. The third-order valence-electron chi connectivity index (χ3n) is 3.38. The van der Waals surface area contributed by atoms with Crippen LogP contribution < -0.4 is 5.46 Å². The molecule has 3 nitrogen and oxygen atoms in total. The number of halogens is 3. The molecule has 0 radical (unpaired) electrons. The van der Waals surface area contributed by atoms with Crippen LogP contribution in [0.4, 0.5) is 13.2 Å². The Kier molecular flexibility index (Phi) is 3.84. The molecule has 2 aromatic carbocycles. The largest absolute Gasteiger partial charge is 0.492 e. The Labute approximate surface area is 127 Å². The van der Waals surface area contributed by atoms with Crippen LogP contribution in [0.15, 0.2) is 53.4 Å². The molecular weight excluding hydrogens is 316 g/mol. The van der Waals surface area contributed by atoms with Gasteiger partial charge in [0.05, 0.1) is 16.4 Å². The first-order valence-corrected chi connectivity index (χ1v) is 7.59. The summed E-state index contributed by atoms with van der Waals surface area (Å²) in [7, 11) is -2.91. The fourth-order valence-electron chi connectivity index (χ4n) is 2.28. The minimum atomic E-state index is -4.44. The monoisotopic (exact) mass is 326 g/mol. The van der Waals surface area contributed by atoms with Gasteiger partial charge in [0.2, 0.25) is 0 Å². The number of fused-ring (bicyclic) bond motifs is 1. The van der Waals surface area contributed by atoms with E-state index in [2.05, 4.69) is 0 Å². The van der Waals surface area contributed by atoms with E-state index in [0.29, 0.717) is 11.0 Å². The van der Waals surface area contributed by atoms with E-state index in [-0.39, 0.29) is 4.90 Å². The van der Waals surface area contributed by atoms with E-state index in [0.717, 1.165) is 24.3 Å². The van der Waals surface area contributed by atoms with Crippen LogP contribution in [0.25, 0.3) is 0 Å². The van der Waals surface area contributed by atoms with Gasteiger partial charge in [0.15, 0.2) is 0 Å². The lowest BCUT2D eigenvalue weighted by Crippen LogP contribution is -2.27. The highest BCUT2D eigenvalue weighted by Crippen LogP contribution is 2.33. The smallest absolute Gasteiger partial charge is 0.423 e. The zero-order chi connectivity index (χ0) is 15.9. The summed E-state index contributed by atoms with van der Waals surface area (Å²) in [6, 6.07) is 10.9. The van der Waals surface area contributed by atoms with E-state index in [1.54, 1.807) is 24.3 Å². The topological polar surface area (TPSA) is 46.5 Å². The maximum absolute atomic E-state index is 12.5. The number of alkyl halides is 3. The average molecular weight is 326 g/mol. The molecule has 1 aliphatic rings. The average Bonchev–Trinajstić information content (AvgIpc) is 2.83. The van der Waals surface area contributed by atoms with E-state index < -0.39 is 35.1 Å². The molecule has 3 rings (SSSR count). The highest BCUT2D eigenvalue weighted by molar-refractivity contribution is 7.85. The van der Waals surface area contributed by atoms with Crippen molar-refractivity contribution in [2.75, 3.05) is 0 Å². The Morgan fingerprint density at radius 2 is 1.73 bits per heavy atom. The normalized spacial score (nSPS) is 19.1. The molecule has 1 N–H and O–H groups in total. The fraction of sp³-hybridized carbons (Fsp3) is 0.143. The van der Waals surface area contributed by atoms with Crippen molar-refractivity contribution in [3.63, 3.8) is 0 Å². The SMILES string of the molecule is O=S(c1ccc(C(F)(F)F)cc1)C1OB(O)c2ccccc21. The van der Waals surface area contributed by atoms with Crippen LogP contribution in [-0.2, 0) is 21.6 Å². The molecule has 1 heterocycles. The highest BCUT2D eigenvalue weighted by atomic mass is 32.2. The van der Waals surface area contributed by atoms with Crippen LogP contribution in [0, 0.1) is 0 Å². The Bertz CT molecular complexity index is 718. The minimum absolute atomic E-state index is 0.210.